The van der Waals surface area contributed by atoms with Gasteiger partial charge in [0.25, 0.3) is 10.1 Å². The van der Waals surface area contributed by atoms with Gasteiger partial charge in [-0.2, -0.15) is 8.42 Å². The number of carbonyl (C=O) groups is 1. The number of carbonyl (C=O) groups excluding carboxylic acids is 1. The fourth-order valence-electron chi connectivity index (χ4n) is 3.12. The lowest BCUT2D eigenvalue weighted by atomic mass is 9.99. The summed E-state index contributed by atoms with van der Waals surface area (Å²) in [5, 5.41) is 18.9. The summed E-state index contributed by atoms with van der Waals surface area (Å²) >= 11 is 0. The van der Waals surface area contributed by atoms with Crippen LogP contribution in [0.1, 0.15) is 90.4 Å². The summed E-state index contributed by atoms with van der Waals surface area (Å²) < 4.78 is 37.2. The SMILES string of the molecule is CCCCCCCC(O)C(O)C(CCCCCCCC(=O)OC)S(=O)(=O)O. The van der Waals surface area contributed by atoms with Crippen molar-refractivity contribution in [3.05, 3.63) is 0 Å². The molecule has 3 unspecified atom stereocenters. The average molecular weight is 411 g/mol. The number of esters is 1. The van der Waals surface area contributed by atoms with Gasteiger partial charge >= 0.3 is 5.97 Å². The molecule has 0 rings (SSSR count). The Morgan fingerprint density at radius 2 is 1.41 bits per heavy atom. The standard InChI is InChI=1S/C19H38O7S/c1-3-4-5-7-10-13-16(20)19(22)17(27(23,24)25)14-11-8-6-9-12-15-18(21)26-2/h16-17,19-20,22H,3-15H2,1-2H3,(H,23,24,25). The van der Waals surface area contributed by atoms with Gasteiger partial charge in [-0.25, -0.2) is 0 Å². The maximum absolute atomic E-state index is 11.6. The van der Waals surface area contributed by atoms with Gasteiger partial charge in [-0.3, -0.25) is 9.35 Å². The molecule has 0 spiro atoms. The van der Waals surface area contributed by atoms with Crippen LogP contribution in [0.5, 0.6) is 0 Å². The molecule has 0 aliphatic heterocycles. The average Bonchev–Trinajstić information content (AvgIpc) is 2.61. The molecule has 0 aliphatic carbocycles. The highest BCUT2D eigenvalue weighted by Crippen LogP contribution is 2.20. The monoisotopic (exact) mass is 410 g/mol. The molecule has 162 valence electrons. The molecule has 8 heteroatoms. The van der Waals surface area contributed by atoms with Crippen molar-refractivity contribution < 1.29 is 32.7 Å². The number of aliphatic hydroxyl groups is 2. The minimum atomic E-state index is -4.43. The van der Waals surface area contributed by atoms with Gasteiger partial charge in [0.1, 0.15) is 5.25 Å². The second-order valence-electron chi connectivity index (χ2n) is 7.20. The predicted octanol–water partition coefficient (Wildman–Crippen LogP) is 3.23. The Labute approximate surface area is 164 Å². The van der Waals surface area contributed by atoms with Gasteiger partial charge in [-0.1, -0.05) is 64.7 Å². The van der Waals surface area contributed by atoms with Crippen LogP contribution in [-0.4, -0.2) is 53.7 Å². The lowest BCUT2D eigenvalue weighted by Gasteiger charge is -2.24. The molecule has 0 aliphatic rings. The van der Waals surface area contributed by atoms with Gasteiger partial charge < -0.3 is 14.9 Å². The predicted molar refractivity (Wildman–Crippen MR) is 105 cm³/mol. The number of aliphatic hydroxyl groups excluding tert-OH is 2. The number of ether oxygens (including phenoxy) is 1. The van der Waals surface area contributed by atoms with Crippen molar-refractivity contribution in [3.8, 4) is 0 Å². The molecule has 7 nitrogen and oxygen atoms in total. The van der Waals surface area contributed by atoms with Crippen molar-refractivity contribution in [3.63, 3.8) is 0 Å². The van der Waals surface area contributed by atoms with Crippen LogP contribution in [0.25, 0.3) is 0 Å². The molecule has 0 aromatic carbocycles. The van der Waals surface area contributed by atoms with E-state index in [0.717, 1.165) is 51.4 Å². The zero-order chi connectivity index (χ0) is 20.7. The Hall–Kier alpha value is -0.700. The number of hydrogen-bond donors (Lipinski definition) is 3. The van der Waals surface area contributed by atoms with Crippen LogP contribution in [0.4, 0.5) is 0 Å². The molecule has 0 aromatic heterocycles. The third-order valence-corrected chi connectivity index (χ3v) is 6.14. The van der Waals surface area contributed by atoms with Crippen LogP contribution in [0, 0.1) is 0 Å². The van der Waals surface area contributed by atoms with Crippen molar-refractivity contribution in [2.24, 2.45) is 0 Å². The van der Waals surface area contributed by atoms with Crippen molar-refractivity contribution in [1.82, 2.24) is 0 Å². The number of unbranched alkanes of at least 4 members (excludes halogenated alkanes) is 8. The van der Waals surface area contributed by atoms with Crippen LogP contribution in [0.15, 0.2) is 0 Å². The molecule has 0 radical (unpaired) electrons. The molecule has 27 heavy (non-hydrogen) atoms. The fraction of sp³-hybridized carbons (Fsp3) is 0.947. The lowest BCUT2D eigenvalue weighted by molar-refractivity contribution is -0.140. The van der Waals surface area contributed by atoms with Crippen LogP contribution >= 0.6 is 0 Å². The van der Waals surface area contributed by atoms with Gasteiger partial charge in [-0.05, 0) is 19.3 Å². The van der Waals surface area contributed by atoms with Gasteiger partial charge in [0.05, 0.1) is 19.3 Å². The van der Waals surface area contributed by atoms with Crippen molar-refractivity contribution >= 4 is 16.1 Å². The summed E-state index contributed by atoms with van der Waals surface area (Å²) in [6.45, 7) is 2.11. The minimum Gasteiger partial charge on any atom is -0.469 e. The summed E-state index contributed by atoms with van der Waals surface area (Å²) in [5.74, 6) is -0.242. The smallest absolute Gasteiger partial charge is 0.305 e. The fourth-order valence-corrected chi connectivity index (χ4v) is 4.12. The first-order valence-electron chi connectivity index (χ1n) is 10.1. The first-order valence-corrected chi connectivity index (χ1v) is 11.6. The second-order valence-corrected chi connectivity index (χ2v) is 8.83. The molecule has 0 saturated heterocycles. The highest BCUT2D eigenvalue weighted by Gasteiger charge is 2.34. The zero-order valence-corrected chi connectivity index (χ0v) is 17.6. The summed E-state index contributed by atoms with van der Waals surface area (Å²) in [6.07, 6.45) is 6.70. The second kappa shape index (κ2) is 15.2. The highest BCUT2D eigenvalue weighted by molar-refractivity contribution is 7.86. The molecular weight excluding hydrogens is 372 g/mol. The van der Waals surface area contributed by atoms with E-state index in [1.54, 1.807) is 0 Å². The third kappa shape index (κ3) is 13.2. The van der Waals surface area contributed by atoms with E-state index in [1.807, 2.05) is 0 Å². The molecule has 0 fully saturated rings. The summed E-state index contributed by atoms with van der Waals surface area (Å²) in [4.78, 5) is 11.0. The van der Waals surface area contributed by atoms with E-state index in [2.05, 4.69) is 11.7 Å². The molecule has 3 N–H and O–H groups in total. The van der Waals surface area contributed by atoms with Gasteiger partial charge in [-0.15, -0.1) is 0 Å². The number of methoxy groups -OCH3 is 1. The molecule has 0 saturated carbocycles. The van der Waals surface area contributed by atoms with E-state index in [0.29, 0.717) is 25.7 Å². The van der Waals surface area contributed by atoms with E-state index < -0.39 is 27.6 Å². The lowest BCUT2D eigenvalue weighted by Crippen LogP contribution is -2.42. The Kier molecular flexibility index (Phi) is 14.9. The quantitative estimate of drug-likeness (QED) is 0.191. The van der Waals surface area contributed by atoms with E-state index in [4.69, 9.17) is 0 Å². The largest absolute Gasteiger partial charge is 0.469 e. The summed E-state index contributed by atoms with van der Waals surface area (Å²) in [6, 6.07) is 0. The zero-order valence-electron chi connectivity index (χ0n) is 16.8. The van der Waals surface area contributed by atoms with Crippen LogP contribution in [0.3, 0.4) is 0 Å². The molecule has 0 amide bonds. The number of rotatable bonds is 17. The molecule has 0 aromatic rings. The molecule has 0 bridgehead atoms. The Bertz CT molecular complexity index is 478. The topological polar surface area (TPSA) is 121 Å². The van der Waals surface area contributed by atoms with E-state index >= 15 is 0 Å². The van der Waals surface area contributed by atoms with E-state index in [1.165, 1.54) is 7.11 Å². The minimum absolute atomic E-state index is 0.101. The van der Waals surface area contributed by atoms with E-state index in [-0.39, 0.29) is 12.4 Å². The maximum atomic E-state index is 11.6. The number of hydrogen-bond acceptors (Lipinski definition) is 6. The third-order valence-electron chi connectivity index (χ3n) is 4.86. The Morgan fingerprint density at radius 3 is 1.96 bits per heavy atom. The molecule has 0 heterocycles. The normalized spacial score (nSPS) is 15.3. The van der Waals surface area contributed by atoms with Crippen LogP contribution < -0.4 is 0 Å². The molecular formula is C19H38O7S. The van der Waals surface area contributed by atoms with Crippen molar-refractivity contribution in [1.29, 1.82) is 0 Å². The summed E-state index contributed by atoms with van der Waals surface area (Å²) in [5.41, 5.74) is 0. The van der Waals surface area contributed by atoms with Crippen LogP contribution in [-0.2, 0) is 19.6 Å². The van der Waals surface area contributed by atoms with Crippen LogP contribution in [0.2, 0.25) is 0 Å². The van der Waals surface area contributed by atoms with Gasteiger partial charge in [0, 0.05) is 6.42 Å². The van der Waals surface area contributed by atoms with Crippen molar-refractivity contribution in [2.75, 3.05) is 7.11 Å². The van der Waals surface area contributed by atoms with Gasteiger partial charge in [0.15, 0.2) is 0 Å². The molecule has 3 atom stereocenters. The summed E-state index contributed by atoms with van der Waals surface area (Å²) in [7, 11) is -3.08. The highest BCUT2D eigenvalue weighted by atomic mass is 32.2. The first-order chi connectivity index (χ1) is 12.7. The van der Waals surface area contributed by atoms with Crippen molar-refractivity contribution in [2.45, 2.75) is 108 Å². The maximum Gasteiger partial charge on any atom is 0.305 e. The Balaban J connectivity index is 4.21. The Morgan fingerprint density at radius 1 is 0.889 bits per heavy atom. The van der Waals surface area contributed by atoms with Gasteiger partial charge in [0.2, 0.25) is 0 Å². The first kappa shape index (κ1) is 26.3. The van der Waals surface area contributed by atoms with E-state index in [9.17, 15) is 28.0 Å².